The van der Waals surface area contributed by atoms with Crippen LogP contribution in [0.1, 0.15) is 28.9 Å². The Labute approximate surface area is 162 Å². The summed E-state index contributed by atoms with van der Waals surface area (Å²) in [5.41, 5.74) is 1.36. The van der Waals surface area contributed by atoms with Gasteiger partial charge in [-0.15, -0.1) is 0 Å². The molecule has 1 amide bonds. The van der Waals surface area contributed by atoms with Gasteiger partial charge in [0, 0.05) is 32.5 Å². The monoisotopic (exact) mass is 386 g/mol. The molecule has 4 rings (SSSR count). The quantitative estimate of drug-likeness (QED) is 0.849. The van der Waals surface area contributed by atoms with E-state index in [9.17, 15) is 9.18 Å². The fourth-order valence-corrected chi connectivity index (χ4v) is 3.51. The maximum absolute atomic E-state index is 12.9. The van der Waals surface area contributed by atoms with Gasteiger partial charge in [-0.25, -0.2) is 14.4 Å². The first-order valence-corrected chi connectivity index (χ1v) is 9.51. The van der Waals surface area contributed by atoms with E-state index in [4.69, 9.17) is 9.47 Å². The highest BCUT2D eigenvalue weighted by Gasteiger charge is 2.41. The summed E-state index contributed by atoms with van der Waals surface area (Å²) in [6.45, 7) is 3.04. The van der Waals surface area contributed by atoms with Gasteiger partial charge in [-0.05, 0) is 24.1 Å². The molecule has 0 aliphatic carbocycles. The number of piperidine rings is 1. The maximum atomic E-state index is 12.9. The number of anilines is 1. The second-order valence-electron chi connectivity index (χ2n) is 6.99. The maximum Gasteiger partial charge on any atom is 0.274 e. The van der Waals surface area contributed by atoms with Crippen molar-refractivity contribution in [1.82, 2.24) is 14.9 Å². The van der Waals surface area contributed by atoms with E-state index in [1.807, 2.05) is 0 Å². The van der Waals surface area contributed by atoms with Crippen LogP contribution in [0.2, 0.25) is 0 Å². The van der Waals surface area contributed by atoms with Gasteiger partial charge in [-0.1, -0.05) is 12.1 Å². The Bertz CT molecular complexity index is 797. The Morgan fingerprint density at radius 3 is 2.46 bits per heavy atom. The van der Waals surface area contributed by atoms with Crippen molar-refractivity contribution in [1.29, 1.82) is 0 Å². The lowest BCUT2D eigenvalue weighted by Gasteiger charge is -2.37. The third kappa shape index (κ3) is 4.28. The number of ether oxygens (including phenoxy) is 2. The van der Waals surface area contributed by atoms with Gasteiger partial charge in [0.2, 0.25) is 0 Å². The van der Waals surface area contributed by atoms with Crippen LogP contribution in [0.25, 0.3) is 0 Å². The van der Waals surface area contributed by atoms with Crippen LogP contribution in [0.5, 0.6) is 0 Å². The standard InChI is InChI=1S/C20H23FN4O3/c21-16-3-1-15(2-4-16)5-8-22-18-14-23-17(13-24-18)19(26)25-9-6-20(7-10-25)27-11-12-28-20/h1-4,13-14H,5-12H2,(H,22,24). The molecule has 3 heterocycles. The molecule has 1 aromatic heterocycles. The van der Waals surface area contributed by atoms with E-state index in [0.717, 1.165) is 12.0 Å². The van der Waals surface area contributed by atoms with Crippen molar-refractivity contribution in [3.8, 4) is 0 Å². The Morgan fingerprint density at radius 1 is 1.11 bits per heavy atom. The summed E-state index contributed by atoms with van der Waals surface area (Å²) in [7, 11) is 0. The third-order valence-electron chi connectivity index (χ3n) is 5.13. The zero-order valence-corrected chi connectivity index (χ0v) is 15.6. The number of carbonyl (C=O) groups is 1. The van der Waals surface area contributed by atoms with Crippen LogP contribution in [-0.4, -0.2) is 59.4 Å². The lowest BCUT2D eigenvalue weighted by molar-refractivity contribution is -0.181. The summed E-state index contributed by atoms with van der Waals surface area (Å²) in [4.78, 5) is 22.9. The van der Waals surface area contributed by atoms with Crippen LogP contribution in [0.4, 0.5) is 10.2 Å². The van der Waals surface area contributed by atoms with Crippen LogP contribution in [0.15, 0.2) is 36.7 Å². The van der Waals surface area contributed by atoms with Gasteiger partial charge in [0.1, 0.15) is 17.3 Å². The molecule has 2 fully saturated rings. The molecule has 0 bridgehead atoms. The van der Waals surface area contributed by atoms with Crippen LogP contribution in [-0.2, 0) is 15.9 Å². The van der Waals surface area contributed by atoms with Crippen LogP contribution >= 0.6 is 0 Å². The van der Waals surface area contributed by atoms with Gasteiger partial charge >= 0.3 is 0 Å². The Kier molecular flexibility index (Phi) is 5.50. The smallest absolute Gasteiger partial charge is 0.274 e. The second-order valence-corrected chi connectivity index (χ2v) is 6.99. The Balaban J connectivity index is 1.27. The zero-order valence-electron chi connectivity index (χ0n) is 15.6. The summed E-state index contributed by atoms with van der Waals surface area (Å²) in [5, 5.41) is 3.16. The minimum atomic E-state index is -0.499. The Hall–Kier alpha value is -2.58. The molecule has 1 N–H and O–H groups in total. The van der Waals surface area contributed by atoms with Crippen molar-refractivity contribution < 1.29 is 18.7 Å². The minimum Gasteiger partial charge on any atom is -0.368 e. The van der Waals surface area contributed by atoms with E-state index in [0.29, 0.717) is 57.2 Å². The zero-order chi connectivity index (χ0) is 19.4. The SMILES string of the molecule is O=C(c1cnc(NCCc2ccc(F)cc2)cn1)N1CCC2(CC1)OCCO2. The van der Waals surface area contributed by atoms with E-state index < -0.39 is 5.79 Å². The molecule has 8 heteroatoms. The predicted molar refractivity (Wildman–Crippen MR) is 100 cm³/mol. The third-order valence-corrected chi connectivity index (χ3v) is 5.13. The van der Waals surface area contributed by atoms with E-state index in [1.54, 1.807) is 23.2 Å². The predicted octanol–water partition coefficient (Wildman–Crippen LogP) is 2.25. The molecule has 0 unspecified atom stereocenters. The normalized spacial score (nSPS) is 18.4. The minimum absolute atomic E-state index is 0.127. The van der Waals surface area contributed by atoms with Gasteiger partial charge < -0.3 is 19.7 Å². The lowest BCUT2D eigenvalue weighted by Crippen LogP contribution is -2.47. The van der Waals surface area contributed by atoms with Gasteiger partial charge in [0.15, 0.2) is 5.79 Å². The highest BCUT2D eigenvalue weighted by Crippen LogP contribution is 2.31. The molecular weight excluding hydrogens is 363 g/mol. The van der Waals surface area contributed by atoms with E-state index in [2.05, 4.69) is 15.3 Å². The van der Waals surface area contributed by atoms with Crippen molar-refractivity contribution in [3.05, 3.63) is 53.7 Å². The fourth-order valence-electron chi connectivity index (χ4n) is 3.51. The molecule has 148 valence electrons. The van der Waals surface area contributed by atoms with Crippen LogP contribution in [0.3, 0.4) is 0 Å². The fraction of sp³-hybridized carbons (Fsp3) is 0.450. The topological polar surface area (TPSA) is 76.6 Å². The van der Waals surface area contributed by atoms with Gasteiger partial charge in [0.05, 0.1) is 25.6 Å². The summed E-state index contributed by atoms with van der Waals surface area (Å²) >= 11 is 0. The molecule has 7 nitrogen and oxygen atoms in total. The van der Waals surface area contributed by atoms with Gasteiger partial charge in [0.25, 0.3) is 5.91 Å². The number of aromatic nitrogens is 2. The van der Waals surface area contributed by atoms with Crippen molar-refractivity contribution in [2.24, 2.45) is 0 Å². The van der Waals surface area contributed by atoms with Gasteiger partial charge in [-0.3, -0.25) is 4.79 Å². The van der Waals surface area contributed by atoms with Crippen molar-refractivity contribution in [2.45, 2.75) is 25.0 Å². The largest absolute Gasteiger partial charge is 0.368 e. The molecule has 0 radical (unpaired) electrons. The highest BCUT2D eigenvalue weighted by molar-refractivity contribution is 5.92. The molecular formula is C20H23FN4O3. The average Bonchev–Trinajstić information content (AvgIpc) is 3.18. The number of hydrogen-bond donors (Lipinski definition) is 1. The summed E-state index contributed by atoms with van der Waals surface area (Å²) in [6.07, 6.45) is 5.15. The highest BCUT2D eigenvalue weighted by atomic mass is 19.1. The molecule has 2 aliphatic rings. The Morgan fingerprint density at radius 2 is 1.82 bits per heavy atom. The molecule has 0 atom stereocenters. The summed E-state index contributed by atoms with van der Waals surface area (Å²) in [5.74, 6) is -0.266. The van der Waals surface area contributed by atoms with E-state index >= 15 is 0 Å². The number of carbonyl (C=O) groups excluding carboxylic acids is 1. The number of nitrogens with zero attached hydrogens (tertiary/aromatic N) is 3. The van der Waals surface area contributed by atoms with Crippen LogP contribution < -0.4 is 5.32 Å². The number of likely N-dealkylation sites (tertiary alicyclic amines) is 1. The van der Waals surface area contributed by atoms with Crippen molar-refractivity contribution in [3.63, 3.8) is 0 Å². The molecule has 0 saturated carbocycles. The first-order chi connectivity index (χ1) is 13.6. The summed E-state index contributed by atoms with van der Waals surface area (Å²) < 4.78 is 24.3. The molecule has 28 heavy (non-hydrogen) atoms. The molecule has 1 aromatic carbocycles. The van der Waals surface area contributed by atoms with Gasteiger partial charge in [-0.2, -0.15) is 0 Å². The second kappa shape index (κ2) is 8.20. The first-order valence-electron chi connectivity index (χ1n) is 9.51. The van der Waals surface area contributed by atoms with Crippen molar-refractivity contribution in [2.75, 3.05) is 38.2 Å². The number of rotatable bonds is 5. The van der Waals surface area contributed by atoms with Crippen LogP contribution in [0, 0.1) is 5.82 Å². The average molecular weight is 386 g/mol. The molecule has 2 aliphatic heterocycles. The number of hydrogen-bond acceptors (Lipinski definition) is 6. The first kappa shape index (κ1) is 18.8. The number of amides is 1. The van der Waals surface area contributed by atoms with E-state index in [-0.39, 0.29) is 11.7 Å². The number of halogens is 1. The molecule has 1 spiro atoms. The number of nitrogens with one attached hydrogen (secondary N) is 1. The van der Waals surface area contributed by atoms with E-state index in [1.165, 1.54) is 18.3 Å². The summed E-state index contributed by atoms with van der Waals surface area (Å²) in [6, 6.07) is 6.41. The van der Waals surface area contributed by atoms with Crippen molar-refractivity contribution >= 4 is 11.7 Å². The lowest BCUT2D eigenvalue weighted by atomic mass is 10.0. The number of benzene rings is 1. The molecule has 2 saturated heterocycles. The molecule has 2 aromatic rings.